The molecule has 3 unspecified atom stereocenters. The van der Waals surface area contributed by atoms with Crippen molar-refractivity contribution in [1.29, 1.82) is 0 Å². The molecule has 1 saturated heterocycles. The monoisotopic (exact) mass is 291 g/mol. The topological polar surface area (TPSA) is 56.8 Å². The molecule has 0 spiro atoms. The van der Waals surface area contributed by atoms with Crippen LogP contribution in [-0.4, -0.2) is 24.9 Å². The molecule has 2 heterocycles. The lowest BCUT2D eigenvalue weighted by molar-refractivity contribution is -0.204. The van der Waals surface area contributed by atoms with Crippen LogP contribution in [0, 0.1) is 5.92 Å². The molecule has 2 aliphatic heterocycles. The number of hydrogen-bond donors (Lipinski definition) is 1. The van der Waals surface area contributed by atoms with Crippen LogP contribution in [-0.2, 0) is 20.8 Å². The van der Waals surface area contributed by atoms with Crippen molar-refractivity contribution in [2.24, 2.45) is 5.92 Å². The average Bonchev–Trinajstić information content (AvgIpc) is 2.53. The molecular weight excluding hydrogens is 270 g/mol. The Morgan fingerprint density at radius 1 is 1.33 bits per heavy atom. The third-order valence-electron chi connectivity index (χ3n) is 3.97. The predicted molar refractivity (Wildman–Crippen MR) is 76.5 cm³/mol. The molecule has 0 aliphatic carbocycles. The predicted octanol–water partition coefficient (Wildman–Crippen LogP) is 2.20. The molecule has 0 radical (unpaired) electrons. The molecule has 0 saturated carbocycles. The Labute approximate surface area is 124 Å². The van der Waals surface area contributed by atoms with E-state index in [1.165, 1.54) is 0 Å². The second-order valence-electron chi connectivity index (χ2n) is 5.71. The van der Waals surface area contributed by atoms with E-state index in [0.29, 0.717) is 6.61 Å². The van der Waals surface area contributed by atoms with Gasteiger partial charge in [-0.05, 0) is 30.9 Å². The first-order valence-electron chi connectivity index (χ1n) is 7.55. The van der Waals surface area contributed by atoms with Crippen molar-refractivity contribution in [3.63, 3.8) is 0 Å². The minimum Gasteiger partial charge on any atom is -0.480 e. The minimum atomic E-state index is -0.525. The van der Waals surface area contributed by atoms with Gasteiger partial charge in [-0.15, -0.1) is 0 Å². The number of carbonyl (C=O) groups is 1. The molecule has 1 fully saturated rings. The van der Waals surface area contributed by atoms with Crippen LogP contribution >= 0.6 is 0 Å². The van der Waals surface area contributed by atoms with Crippen LogP contribution in [0.25, 0.3) is 0 Å². The van der Waals surface area contributed by atoms with Crippen molar-refractivity contribution in [2.45, 2.75) is 45.0 Å². The van der Waals surface area contributed by atoms with Crippen LogP contribution < -0.4 is 10.2 Å². The second-order valence-corrected chi connectivity index (χ2v) is 5.71. The van der Waals surface area contributed by atoms with E-state index in [0.717, 1.165) is 37.0 Å². The largest absolute Gasteiger partial charge is 0.480 e. The third-order valence-corrected chi connectivity index (χ3v) is 3.97. The maximum Gasteiger partial charge on any atom is 0.284 e. The summed E-state index contributed by atoms with van der Waals surface area (Å²) < 4.78 is 11.2. The summed E-state index contributed by atoms with van der Waals surface area (Å²) in [5, 5.41) is 0. The summed E-state index contributed by atoms with van der Waals surface area (Å²) in [5.74, 6) is 0.645. The molecule has 1 amide bonds. The molecule has 5 heteroatoms. The molecule has 5 nitrogen and oxygen atoms in total. The van der Waals surface area contributed by atoms with Gasteiger partial charge in [0.15, 0.2) is 12.4 Å². The average molecular weight is 291 g/mol. The van der Waals surface area contributed by atoms with Crippen LogP contribution in [0.4, 0.5) is 0 Å². The van der Waals surface area contributed by atoms with E-state index in [9.17, 15) is 4.79 Å². The number of hydroxylamine groups is 1. The van der Waals surface area contributed by atoms with Crippen LogP contribution in [0.15, 0.2) is 24.3 Å². The Morgan fingerprint density at radius 3 is 3.00 bits per heavy atom. The van der Waals surface area contributed by atoms with Crippen LogP contribution in [0.5, 0.6) is 5.75 Å². The molecule has 3 rings (SSSR count). The number of nitrogens with one attached hydrogen (secondary N) is 1. The number of carbonyl (C=O) groups excluding carboxylic acids is 1. The normalized spacial score (nSPS) is 28.3. The highest BCUT2D eigenvalue weighted by Gasteiger charge is 2.33. The Kier molecular flexibility index (Phi) is 4.41. The highest BCUT2D eigenvalue weighted by atomic mass is 16.8. The zero-order valence-corrected chi connectivity index (χ0v) is 12.2. The van der Waals surface area contributed by atoms with Gasteiger partial charge in [0.2, 0.25) is 0 Å². The first-order valence-corrected chi connectivity index (χ1v) is 7.55. The van der Waals surface area contributed by atoms with Gasteiger partial charge < -0.3 is 9.47 Å². The van der Waals surface area contributed by atoms with Gasteiger partial charge in [0, 0.05) is 18.9 Å². The van der Waals surface area contributed by atoms with Gasteiger partial charge >= 0.3 is 0 Å². The molecule has 0 aromatic heterocycles. The summed E-state index contributed by atoms with van der Waals surface area (Å²) in [4.78, 5) is 17.6. The number of benzene rings is 1. The quantitative estimate of drug-likeness (QED) is 0.867. The first-order chi connectivity index (χ1) is 10.2. The summed E-state index contributed by atoms with van der Waals surface area (Å²) >= 11 is 0. The Bertz CT molecular complexity index is 499. The minimum absolute atomic E-state index is 0.107. The maximum atomic E-state index is 12.2. The number of fused-ring (bicyclic) bond motifs is 1. The van der Waals surface area contributed by atoms with Gasteiger partial charge in [-0.2, -0.15) is 0 Å². The molecule has 1 aromatic rings. The van der Waals surface area contributed by atoms with Crippen molar-refractivity contribution < 1.29 is 19.1 Å². The third kappa shape index (κ3) is 3.36. The number of para-hydroxylation sites is 1. The first kappa shape index (κ1) is 14.4. The lowest BCUT2D eigenvalue weighted by Gasteiger charge is -2.31. The Morgan fingerprint density at radius 2 is 2.19 bits per heavy atom. The Balaban J connectivity index is 1.57. The number of amides is 1. The molecule has 0 bridgehead atoms. The van der Waals surface area contributed by atoms with Crippen LogP contribution in [0.1, 0.15) is 31.7 Å². The zero-order chi connectivity index (χ0) is 14.7. The van der Waals surface area contributed by atoms with Crippen molar-refractivity contribution >= 4 is 5.91 Å². The van der Waals surface area contributed by atoms with Gasteiger partial charge in [0.1, 0.15) is 5.75 Å². The molecule has 1 aromatic carbocycles. The van der Waals surface area contributed by atoms with Gasteiger partial charge in [-0.3, -0.25) is 4.79 Å². The van der Waals surface area contributed by atoms with E-state index in [-0.39, 0.29) is 18.1 Å². The van der Waals surface area contributed by atoms with E-state index < -0.39 is 6.10 Å². The molecule has 1 N–H and O–H groups in total. The van der Waals surface area contributed by atoms with E-state index in [2.05, 4.69) is 5.48 Å². The van der Waals surface area contributed by atoms with Crippen molar-refractivity contribution in [3.8, 4) is 5.75 Å². The van der Waals surface area contributed by atoms with Gasteiger partial charge in [-0.1, -0.05) is 25.1 Å². The molecular formula is C16H21NO4. The van der Waals surface area contributed by atoms with E-state index >= 15 is 0 Å². The Hall–Kier alpha value is -1.59. The number of ether oxygens (including phenoxy) is 2. The van der Waals surface area contributed by atoms with E-state index in [1.54, 1.807) is 0 Å². The number of rotatable bonds is 3. The van der Waals surface area contributed by atoms with E-state index in [1.807, 2.05) is 31.2 Å². The zero-order valence-electron chi connectivity index (χ0n) is 12.2. The van der Waals surface area contributed by atoms with Gasteiger partial charge in [0.05, 0.1) is 0 Å². The summed E-state index contributed by atoms with van der Waals surface area (Å²) in [7, 11) is 0. The molecule has 114 valence electrons. The number of hydrogen-bond acceptors (Lipinski definition) is 4. The van der Waals surface area contributed by atoms with Crippen LogP contribution in [0.3, 0.4) is 0 Å². The standard InChI is InChI=1S/C16H21NO4/c1-11-10-12-6-2-3-7-13(12)20-15(11)16(18)17-21-14-8-4-5-9-19-14/h2-3,6-7,11,14-15H,4-5,8-10H2,1H3,(H,17,18). The highest BCUT2D eigenvalue weighted by molar-refractivity contribution is 5.80. The second kappa shape index (κ2) is 6.45. The molecule has 21 heavy (non-hydrogen) atoms. The SMILES string of the molecule is CC1Cc2ccccc2OC1C(=O)NOC1CCCCO1. The van der Waals surface area contributed by atoms with Crippen molar-refractivity contribution in [1.82, 2.24) is 5.48 Å². The fourth-order valence-corrected chi connectivity index (χ4v) is 2.79. The fourth-order valence-electron chi connectivity index (χ4n) is 2.79. The summed E-state index contributed by atoms with van der Waals surface area (Å²) in [6, 6.07) is 7.83. The summed E-state index contributed by atoms with van der Waals surface area (Å²) in [5.41, 5.74) is 3.64. The molecule has 3 atom stereocenters. The fraction of sp³-hybridized carbons (Fsp3) is 0.562. The lowest BCUT2D eigenvalue weighted by Crippen LogP contribution is -2.46. The van der Waals surface area contributed by atoms with Gasteiger partial charge in [0.25, 0.3) is 5.91 Å². The maximum absolute atomic E-state index is 12.2. The van der Waals surface area contributed by atoms with Crippen molar-refractivity contribution in [3.05, 3.63) is 29.8 Å². The summed E-state index contributed by atoms with van der Waals surface area (Å²) in [6.07, 6.45) is 2.88. The molecule has 2 aliphatic rings. The highest BCUT2D eigenvalue weighted by Crippen LogP contribution is 2.30. The van der Waals surface area contributed by atoms with Crippen LogP contribution in [0.2, 0.25) is 0 Å². The smallest absolute Gasteiger partial charge is 0.284 e. The van der Waals surface area contributed by atoms with Gasteiger partial charge in [-0.25, -0.2) is 10.3 Å². The lowest BCUT2D eigenvalue weighted by atomic mass is 9.92. The van der Waals surface area contributed by atoms with Crippen molar-refractivity contribution in [2.75, 3.05) is 6.61 Å². The summed E-state index contributed by atoms with van der Waals surface area (Å²) in [6.45, 7) is 2.70. The van der Waals surface area contributed by atoms with E-state index in [4.69, 9.17) is 14.3 Å².